The van der Waals surface area contributed by atoms with Gasteiger partial charge in [0.05, 0.1) is 5.69 Å². The predicted molar refractivity (Wildman–Crippen MR) is 67.9 cm³/mol. The van der Waals surface area contributed by atoms with Crippen LogP contribution in [0.4, 0.5) is 5.95 Å². The van der Waals surface area contributed by atoms with Crippen molar-refractivity contribution in [2.24, 2.45) is 7.05 Å². The van der Waals surface area contributed by atoms with Gasteiger partial charge in [-0.3, -0.25) is 4.68 Å². The Hall–Kier alpha value is -1.78. The fraction of sp³-hybridized carbons (Fsp3) is 0.500. The Morgan fingerprint density at radius 1 is 1.41 bits per heavy atom. The molecule has 0 saturated heterocycles. The number of nitrogens with zero attached hydrogens (tertiary/aromatic N) is 4. The molecule has 0 aliphatic heterocycles. The lowest BCUT2D eigenvalue weighted by Gasteiger charge is -2.12. The standard InChI is InChI=1S/C12H19N5/c1-9(2)17-6-5-13-12(17)14-7-11-8-16(4)15-10(11)3/h5-6,8-9H,7H2,1-4H3,(H,13,14). The number of anilines is 1. The van der Waals surface area contributed by atoms with Crippen molar-refractivity contribution in [3.63, 3.8) is 0 Å². The SMILES string of the molecule is Cc1nn(C)cc1CNc1nccn1C(C)C. The maximum atomic E-state index is 4.32. The summed E-state index contributed by atoms with van der Waals surface area (Å²) >= 11 is 0. The Balaban J connectivity index is 2.07. The number of nitrogens with one attached hydrogen (secondary N) is 1. The minimum atomic E-state index is 0.412. The molecule has 2 aromatic heterocycles. The quantitative estimate of drug-likeness (QED) is 0.880. The zero-order valence-corrected chi connectivity index (χ0v) is 10.8. The average Bonchev–Trinajstić information content (AvgIpc) is 2.82. The molecule has 5 nitrogen and oxygen atoms in total. The first-order valence-corrected chi connectivity index (χ1v) is 5.83. The molecule has 2 heterocycles. The Bertz CT molecular complexity index is 495. The molecule has 0 spiro atoms. The van der Waals surface area contributed by atoms with Crippen molar-refractivity contribution in [2.45, 2.75) is 33.4 Å². The highest BCUT2D eigenvalue weighted by atomic mass is 15.3. The van der Waals surface area contributed by atoms with Gasteiger partial charge in [0.25, 0.3) is 0 Å². The molecule has 2 aromatic rings. The van der Waals surface area contributed by atoms with E-state index in [1.54, 1.807) is 0 Å². The number of imidazole rings is 1. The smallest absolute Gasteiger partial charge is 0.203 e. The highest BCUT2D eigenvalue weighted by Gasteiger charge is 2.07. The lowest BCUT2D eigenvalue weighted by Crippen LogP contribution is -2.09. The molecule has 17 heavy (non-hydrogen) atoms. The van der Waals surface area contributed by atoms with Gasteiger partial charge in [0, 0.05) is 43.8 Å². The molecule has 0 radical (unpaired) electrons. The largest absolute Gasteiger partial charge is 0.351 e. The molecule has 0 fully saturated rings. The van der Waals surface area contributed by atoms with Gasteiger partial charge in [-0.2, -0.15) is 5.10 Å². The summed E-state index contributed by atoms with van der Waals surface area (Å²) in [5, 5.41) is 7.66. The zero-order chi connectivity index (χ0) is 12.4. The molecular formula is C12H19N5. The first-order valence-electron chi connectivity index (χ1n) is 5.83. The molecule has 0 aromatic carbocycles. The second-order valence-electron chi connectivity index (χ2n) is 4.52. The van der Waals surface area contributed by atoms with E-state index >= 15 is 0 Å². The first-order chi connectivity index (χ1) is 8.08. The maximum absolute atomic E-state index is 4.32. The van der Waals surface area contributed by atoms with E-state index in [4.69, 9.17) is 0 Å². The molecular weight excluding hydrogens is 214 g/mol. The Labute approximate surface area is 101 Å². The van der Waals surface area contributed by atoms with E-state index in [9.17, 15) is 0 Å². The number of aryl methyl sites for hydroxylation is 2. The van der Waals surface area contributed by atoms with E-state index < -0.39 is 0 Å². The summed E-state index contributed by atoms with van der Waals surface area (Å²) in [6.45, 7) is 7.06. The fourth-order valence-electron chi connectivity index (χ4n) is 1.86. The van der Waals surface area contributed by atoms with Gasteiger partial charge in [0.2, 0.25) is 5.95 Å². The molecule has 0 atom stereocenters. The number of hydrogen-bond acceptors (Lipinski definition) is 3. The molecule has 0 aliphatic rings. The van der Waals surface area contributed by atoms with Gasteiger partial charge in [-0.25, -0.2) is 4.98 Å². The summed E-state index contributed by atoms with van der Waals surface area (Å²) in [6, 6.07) is 0.412. The third kappa shape index (κ3) is 2.49. The summed E-state index contributed by atoms with van der Waals surface area (Å²) in [5.41, 5.74) is 2.26. The molecule has 0 saturated carbocycles. The van der Waals surface area contributed by atoms with Crippen LogP contribution in [0.1, 0.15) is 31.1 Å². The molecule has 0 unspecified atom stereocenters. The van der Waals surface area contributed by atoms with Crippen molar-refractivity contribution in [3.8, 4) is 0 Å². The van der Waals surface area contributed by atoms with E-state index in [-0.39, 0.29) is 0 Å². The van der Waals surface area contributed by atoms with Crippen molar-refractivity contribution < 1.29 is 0 Å². The van der Waals surface area contributed by atoms with Crippen molar-refractivity contribution in [2.75, 3.05) is 5.32 Å². The highest BCUT2D eigenvalue weighted by Crippen LogP contribution is 2.14. The number of hydrogen-bond donors (Lipinski definition) is 1. The van der Waals surface area contributed by atoms with Crippen LogP contribution < -0.4 is 5.32 Å². The summed E-state index contributed by atoms with van der Waals surface area (Å²) < 4.78 is 3.95. The van der Waals surface area contributed by atoms with Crippen LogP contribution in [0.25, 0.3) is 0 Å². The summed E-state index contributed by atoms with van der Waals surface area (Å²) in [7, 11) is 1.94. The van der Waals surface area contributed by atoms with E-state index in [1.807, 2.05) is 37.2 Å². The van der Waals surface area contributed by atoms with Crippen LogP contribution in [-0.2, 0) is 13.6 Å². The summed E-state index contributed by atoms with van der Waals surface area (Å²) in [4.78, 5) is 4.31. The van der Waals surface area contributed by atoms with Crippen LogP contribution >= 0.6 is 0 Å². The van der Waals surface area contributed by atoms with Crippen molar-refractivity contribution in [3.05, 3.63) is 29.8 Å². The third-order valence-corrected chi connectivity index (χ3v) is 2.78. The molecule has 0 bridgehead atoms. The minimum absolute atomic E-state index is 0.412. The van der Waals surface area contributed by atoms with Gasteiger partial charge in [-0.05, 0) is 20.8 Å². The van der Waals surface area contributed by atoms with Crippen molar-refractivity contribution in [1.29, 1.82) is 0 Å². The lowest BCUT2D eigenvalue weighted by molar-refractivity contribution is 0.604. The zero-order valence-electron chi connectivity index (χ0n) is 10.8. The maximum Gasteiger partial charge on any atom is 0.203 e. The highest BCUT2D eigenvalue weighted by molar-refractivity contribution is 5.29. The van der Waals surface area contributed by atoms with Gasteiger partial charge in [-0.15, -0.1) is 0 Å². The predicted octanol–water partition coefficient (Wildman–Crippen LogP) is 2.12. The summed E-state index contributed by atoms with van der Waals surface area (Å²) in [5.74, 6) is 0.906. The monoisotopic (exact) mass is 233 g/mol. The van der Waals surface area contributed by atoms with Crippen molar-refractivity contribution >= 4 is 5.95 Å². The lowest BCUT2D eigenvalue weighted by atomic mass is 10.3. The van der Waals surface area contributed by atoms with E-state index in [2.05, 4.69) is 33.8 Å². The van der Waals surface area contributed by atoms with Gasteiger partial charge < -0.3 is 9.88 Å². The van der Waals surface area contributed by atoms with Gasteiger partial charge in [-0.1, -0.05) is 0 Å². The van der Waals surface area contributed by atoms with Crippen LogP contribution in [0.2, 0.25) is 0 Å². The molecule has 5 heteroatoms. The molecule has 2 rings (SSSR count). The normalized spacial score (nSPS) is 11.1. The molecule has 92 valence electrons. The van der Waals surface area contributed by atoms with E-state index in [0.29, 0.717) is 6.04 Å². The molecule has 0 aliphatic carbocycles. The van der Waals surface area contributed by atoms with Gasteiger partial charge >= 0.3 is 0 Å². The number of aromatic nitrogens is 4. The topological polar surface area (TPSA) is 47.7 Å². The second-order valence-corrected chi connectivity index (χ2v) is 4.52. The second kappa shape index (κ2) is 4.61. The van der Waals surface area contributed by atoms with Crippen LogP contribution in [0, 0.1) is 6.92 Å². The summed E-state index contributed by atoms with van der Waals surface area (Å²) in [6.07, 6.45) is 5.84. The molecule has 0 amide bonds. The third-order valence-electron chi connectivity index (χ3n) is 2.78. The van der Waals surface area contributed by atoms with Crippen LogP contribution in [-0.4, -0.2) is 19.3 Å². The molecule has 1 N–H and O–H groups in total. The Morgan fingerprint density at radius 2 is 2.18 bits per heavy atom. The average molecular weight is 233 g/mol. The van der Waals surface area contributed by atoms with E-state index in [1.165, 1.54) is 5.56 Å². The number of rotatable bonds is 4. The van der Waals surface area contributed by atoms with E-state index in [0.717, 1.165) is 18.2 Å². The van der Waals surface area contributed by atoms with Crippen molar-refractivity contribution in [1.82, 2.24) is 19.3 Å². The van der Waals surface area contributed by atoms with Crippen LogP contribution in [0.5, 0.6) is 0 Å². The minimum Gasteiger partial charge on any atom is -0.351 e. The Kier molecular flexibility index (Phi) is 3.17. The van der Waals surface area contributed by atoms with Crippen LogP contribution in [0.3, 0.4) is 0 Å². The Morgan fingerprint density at radius 3 is 2.76 bits per heavy atom. The van der Waals surface area contributed by atoms with Crippen LogP contribution in [0.15, 0.2) is 18.6 Å². The fourth-order valence-corrected chi connectivity index (χ4v) is 1.86. The van der Waals surface area contributed by atoms with Gasteiger partial charge in [0.1, 0.15) is 0 Å². The van der Waals surface area contributed by atoms with Gasteiger partial charge in [0.15, 0.2) is 0 Å². The first kappa shape index (κ1) is 11.7.